The van der Waals surface area contributed by atoms with Gasteiger partial charge in [0.1, 0.15) is 5.76 Å². The maximum atomic E-state index is 12.3. The molecule has 0 aromatic carbocycles. The highest BCUT2D eigenvalue weighted by atomic mass is 16.4. The molecule has 1 aliphatic rings. The summed E-state index contributed by atoms with van der Waals surface area (Å²) in [6, 6.07) is 0. The molecule has 0 bridgehead atoms. The van der Waals surface area contributed by atoms with Gasteiger partial charge in [-0.05, 0) is 18.3 Å². The zero-order valence-electron chi connectivity index (χ0n) is 14.7. The highest BCUT2D eigenvalue weighted by Gasteiger charge is 2.37. The third-order valence-corrected chi connectivity index (χ3v) is 4.76. The first-order valence-electron chi connectivity index (χ1n) is 8.28. The fraction of sp³-hybridized carbons (Fsp3) is 0.667. The zero-order chi connectivity index (χ0) is 17.4. The van der Waals surface area contributed by atoms with E-state index in [2.05, 4.69) is 5.32 Å². The monoisotopic (exact) mass is 321 g/mol. The third kappa shape index (κ3) is 3.66. The Morgan fingerprint density at radius 3 is 2.65 bits per heavy atom. The SMILES string of the molecule is CCC(C)C(O)CNC(=O)c1oc2c(c1C)C(=O)CC(C)(C)C2. The van der Waals surface area contributed by atoms with E-state index in [1.165, 1.54) is 0 Å². The lowest BCUT2D eigenvalue weighted by atomic mass is 9.76. The minimum atomic E-state index is -0.589. The molecule has 1 aromatic heterocycles. The number of ketones is 1. The van der Waals surface area contributed by atoms with E-state index in [0.29, 0.717) is 29.7 Å². The van der Waals surface area contributed by atoms with Crippen molar-refractivity contribution in [1.29, 1.82) is 0 Å². The first kappa shape index (κ1) is 17.7. The number of furan rings is 1. The van der Waals surface area contributed by atoms with Crippen LogP contribution in [0.2, 0.25) is 0 Å². The molecule has 5 heteroatoms. The predicted octanol–water partition coefficient (Wildman–Crippen LogP) is 2.88. The Labute approximate surface area is 137 Å². The van der Waals surface area contributed by atoms with Crippen LogP contribution in [0.25, 0.3) is 0 Å². The van der Waals surface area contributed by atoms with Crippen LogP contribution in [0.1, 0.15) is 72.8 Å². The molecule has 5 nitrogen and oxygen atoms in total. The molecule has 2 unspecified atom stereocenters. The van der Waals surface area contributed by atoms with Crippen molar-refractivity contribution in [3.63, 3.8) is 0 Å². The van der Waals surface area contributed by atoms with Gasteiger partial charge in [-0.3, -0.25) is 9.59 Å². The average Bonchev–Trinajstić information content (AvgIpc) is 2.78. The van der Waals surface area contributed by atoms with Crippen LogP contribution in [0.5, 0.6) is 0 Å². The minimum Gasteiger partial charge on any atom is -0.455 e. The molecule has 1 aromatic rings. The number of rotatable bonds is 5. The summed E-state index contributed by atoms with van der Waals surface area (Å²) in [5, 5.41) is 12.7. The number of fused-ring (bicyclic) bond motifs is 1. The predicted molar refractivity (Wildman–Crippen MR) is 87.7 cm³/mol. The lowest BCUT2D eigenvalue weighted by molar-refractivity contribution is 0.0820. The zero-order valence-corrected chi connectivity index (χ0v) is 14.7. The van der Waals surface area contributed by atoms with E-state index < -0.39 is 6.10 Å². The second-order valence-corrected chi connectivity index (χ2v) is 7.46. The van der Waals surface area contributed by atoms with Crippen LogP contribution in [-0.4, -0.2) is 29.4 Å². The molecular formula is C18H27NO4. The summed E-state index contributed by atoms with van der Waals surface area (Å²) < 4.78 is 5.71. The highest BCUT2D eigenvalue weighted by Crippen LogP contribution is 2.38. The molecule has 0 aliphatic heterocycles. The van der Waals surface area contributed by atoms with Crippen molar-refractivity contribution in [3.05, 3.63) is 22.6 Å². The molecule has 1 amide bonds. The Kier molecular flexibility index (Phi) is 4.99. The third-order valence-electron chi connectivity index (χ3n) is 4.76. The van der Waals surface area contributed by atoms with Crippen LogP contribution in [0.15, 0.2) is 4.42 Å². The van der Waals surface area contributed by atoms with E-state index in [1.54, 1.807) is 6.92 Å². The molecule has 23 heavy (non-hydrogen) atoms. The van der Waals surface area contributed by atoms with E-state index in [4.69, 9.17) is 4.42 Å². The van der Waals surface area contributed by atoms with Gasteiger partial charge in [-0.25, -0.2) is 0 Å². The largest absolute Gasteiger partial charge is 0.455 e. The fourth-order valence-corrected chi connectivity index (χ4v) is 3.05. The van der Waals surface area contributed by atoms with Crippen LogP contribution in [0, 0.1) is 18.3 Å². The summed E-state index contributed by atoms with van der Waals surface area (Å²) in [5.41, 5.74) is 1.03. The number of carbonyl (C=O) groups is 2. The number of hydrogen-bond acceptors (Lipinski definition) is 4. The number of amides is 1. The second-order valence-electron chi connectivity index (χ2n) is 7.46. The van der Waals surface area contributed by atoms with Crippen molar-refractivity contribution in [2.75, 3.05) is 6.54 Å². The Hall–Kier alpha value is -1.62. The van der Waals surface area contributed by atoms with Crippen molar-refractivity contribution in [2.24, 2.45) is 11.3 Å². The molecule has 128 valence electrons. The topological polar surface area (TPSA) is 79.5 Å². The Morgan fingerprint density at radius 1 is 1.39 bits per heavy atom. The standard InChI is InChI=1S/C18H27NO4/c1-6-10(2)13(21)9-19-17(22)16-11(3)15-12(20)7-18(4,5)8-14(15)23-16/h10,13,21H,6-9H2,1-5H3,(H,19,22). The van der Waals surface area contributed by atoms with Crippen LogP contribution in [0.4, 0.5) is 0 Å². The van der Waals surface area contributed by atoms with Crippen LogP contribution in [0.3, 0.4) is 0 Å². The quantitative estimate of drug-likeness (QED) is 0.874. The Morgan fingerprint density at radius 2 is 2.04 bits per heavy atom. The summed E-state index contributed by atoms with van der Waals surface area (Å²) in [6.45, 7) is 9.90. The maximum absolute atomic E-state index is 12.3. The van der Waals surface area contributed by atoms with Crippen LogP contribution >= 0.6 is 0 Å². The molecule has 2 rings (SSSR count). The van der Waals surface area contributed by atoms with Gasteiger partial charge in [-0.15, -0.1) is 0 Å². The van der Waals surface area contributed by atoms with Crippen molar-refractivity contribution in [3.8, 4) is 0 Å². The minimum absolute atomic E-state index is 0.0381. The second kappa shape index (κ2) is 6.48. The van der Waals surface area contributed by atoms with Gasteiger partial charge in [0.05, 0.1) is 11.7 Å². The van der Waals surface area contributed by atoms with Gasteiger partial charge in [0, 0.05) is 24.9 Å². The van der Waals surface area contributed by atoms with E-state index in [1.807, 2.05) is 27.7 Å². The normalized spacial score (nSPS) is 19.1. The first-order chi connectivity index (χ1) is 10.7. The van der Waals surface area contributed by atoms with E-state index in [-0.39, 0.29) is 35.3 Å². The molecule has 0 saturated carbocycles. The number of aliphatic hydroxyl groups excluding tert-OH is 1. The van der Waals surface area contributed by atoms with Crippen molar-refractivity contribution < 1.29 is 19.1 Å². The summed E-state index contributed by atoms with van der Waals surface area (Å²) in [6.07, 6.45) is 1.37. The van der Waals surface area contributed by atoms with E-state index in [9.17, 15) is 14.7 Å². The van der Waals surface area contributed by atoms with E-state index >= 15 is 0 Å². The molecular weight excluding hydrogens is 294 g/mol. The Balaban J connectivity index is 2.16. The number of hydrogen-bond donors (Lipinski definition) is 2. The van der Waals surface area contributed by atoms with Gasteiger partial charge in [-0.2, -0.15) is 0 Å². The van der Waals surface area contributed by atoms with Crippen molar-refractivity contribution in [1.82, 2.24) is 5.32 Å². The maximum Gasteiger partial charge on any atom is 0.287 e. The highest BCUT2D eigenvalue weighted by molar-refractivity contribution is 6.03. The van der Waals surface area contributed by atoms with Gasteiger partial charge in [0.25, 0.3) is 5.91 Å². The average molecular weight is 321 g/mol. The van der Waals surface area contributed by atoms with Crippen LogP contribution < -0.4 is 5.32 Å². The van der Waals surface area contributed by atoms with Gasteiger partial charge >= 0.3 is 0 Å². The number of carbonyl (C=O) groups excluding carboxylic acids is 2. The van der Waals surface area contributed by atoms with Crippen molar-refractivity contribution in [2.45, 2.75) is 60.0 Å². The van der Waals surface area contributed by atoms with Gasteiger partial charge in [0.15, 0.2) is 11.5 Å². The Bertz CT molecular complexity index is 615. The summed E-state index contributed by atoms with van der Waals surface area (Å²) >= 11 is 0. The molecule has 2 N–H and O–H groups in total. The number of Topliss-reactive ketones (excluding diaryl/α,β-unsaturated/α-hetero) is 1. The van der Waals surface area contributed by atoms with Gasteiger partial charge in [-0.1, -0.05) is 34.1 Å². The molecule has 0 fully saturated rings. The molecule has 2 atom stereocenters. The summed E-state index contributed by atoms with van der Waals surface area (Å²) in [7, 11) is 0. The fourth-order valence-electron chi connectivity index (χ4n) is 3.05. The number of aliphatic hydroxyl groups is 1. The van der Waals surface area contributed by atoms with Gasteiger partial charge in [0.2, 0.25) is 0 Å². The smallest absolute Gasteiger partial charge is 0.287 e. The lowest BCUT2D eigenvalue weighted by Crippen LogP contribution is -2.35. The molecule has 1 aliphatic carbocycles. The first-order valence-corrected chi connectivity index (χ1v) is 8.28. The van der Waals surface area contributed by atoms with Crippen molar-refractivity contribution >= 4 is 11.7 Å². The van der Waals surface area contributed by atoms with Gasteiger partial charge < -0.3 is 14.8 Å². The number of nitrogens with one attached hydrogen (secondary N) is 1. The lowest BCUT2D eigenvalue weighted by Gasteiger charge is -2.27. The molecule has 0 spiro atoms. The van der Waals surface area contributed by atoms with E-state index in [0.717, 1.165) is 6.42 Å². The van der Waals surface area contributed by atoms with Crippen LogP contribution in [-0.2, 0) is 6.42 Å². The summed E-state index contributed by atoms with van der Waals surface area (Å²) in [4.78, 5) is 24.7. The molecule has 0 saturated heterocycles. The molecule has 1 heterocycles. The summed E-state index contributed by atoms with van der Waals surface area (Å²) in [5.74, 6) is 0.582. The molecule has 0 radical (unpaired) electrons.